The number of hydrogen-bond donors (Lipinski definition) is 1. The monoisotopic (exact) mass is 302 g/mol. The van der Waals surface area contributed by atoms with Crippen LogP contribution in [0.15, 0.2) is 54.7 Å². The van der Waals surface area contributed by atoms with Gasteiger partial charge in [-0.1, -0.05) is 24.3 Å². The normalized spacial score (nSPS) is 11.7. The summed E-state index contributed by atoms with van der Waals surface area (Å²) in [5.41, 5.74) is 3.23. The van der Waals surface area contributed by atoms with Crippen LogP contribution in [0.25, 0.3) is 11.0 Å². The van der Waals surface area contributed by atoms with Gasteiger partial charge in [0.1, 0.15) is 5.69 Å². The lowest BCUT2D eigenvalue weighted by molar-refractivity contribution is 0.0935. The van der Waals surface area contributed by atoms with E-state index in [2.05, 4.69) is 21.4 Å². The maximum atomic E-state index is 12.3. The van der Waals surface area contributed by atoms with E-state index < -0.39 is 0 Å². The topological polar surface area (TPSA) is 78.7 Å². The molecule has 0 saturated heterocycles. The van der Waals surface area contributed by atoms with Crippen LogP contribution in [0.4, 0.5) is 0 Å². The van der Waals surface area contributed by atoms with Gasteiger partial charge in [0.05, 0.1) is 34.9 Å². The second-order valence-corrected chi connectivity index (χ2v) is 5.17. The molecule has 1 N–H and O–H groups in total. The Labute approximate surface area is 133 Å². The van der Waals surface area contributed by atoms with Crippen LogP contribution in [0.2, 0.25) is 0 Å². The number of amides is 1. The van der Waals surface area contributed by atoms with Crippen LogP contribution in [-0.4, -0.2) is 15.9 Å². The summed E-state index contributed by atoms with van der Waals surface area (Å²) in [6.45, 7) is 1.88. The van der Waals surface area contributed by atoms with E-state index in [0.29, 0.717) is 11.1 Å². The van der Waals surface area contributed by atoms with Crippen molar-refractivity contribution in [3.05, 3.63) is 71.5 Å². The number of fused-ring (bicyclic) bond motifs is 1. The van der Waals surface area contributed by atoms with Gasteiger partial charge in [0.15, 0.2) is 0 Å². The molecule has 2 aromatic carbocycles. The summed E-state index contributed by atoms with van der Waals surface area (Å²) < 4.78 is 0. The van der Waals surface area contributed by atoms with Gasteiger partial charge < -0.3 is 5.32 Å². The molecule has 3 aromatic rings. The first-order valence-corrected chi connectivity index (χ1v) is 7.20. The van der Waals surface area contributed by atoms with Gasteiger partial charge in [-0.25, -0.2) is 4.98 Å². The summed E-state index contributed by atoms with van der Waals surface area (Å²) in [6.07, 6.45) is 1.48. The number of nitriles is 1. The molecule has 112 valence electrons. The summed E-state index contributed by atoms with van der Waals surface area (Å²) in [6, 6.07) is 16.4. The quantitative estimate of drug-likeness (QED) is 0.806. The summed E-state index contributed by atoms with van der Waals surface area (Å²) >= 11 is 0. The van der Waals surface area contributed by atoms with Crippen molar-refractivity contribution in [2.45, 2.75) is 13.0 Å². The standard InChI is InChI=1S/C18H14N4O/c1-12(14-8-6-13(10-19)7-9-14)21-18(23)17-11-20-15-4-2-3-5-16(15)22-17/h2-9,11-12H,1H3,(H,21,23). The minimum Gasteiger partial charge on any atom is -0.344 e. The summed E-state index contributed by atoms with van der Waals surface area (Å²) in [5.74, 6) is -0.278. The molecule has 3 rings (SSSR count). The first-order chi connectivity index (χ1) is 11.2. The molecule has 0 bridgehead atoms. The molecule has 0 aliphatic carbocycles. The molecular weight excluding hydrogens is 288 g/mol. The van der Waals surface area contributed by atoms with Crippen molar-refractivity contribution in [3.8, 4) is 6.07 Å². The van der Waals surface area contributed by atoms with Crippen molar-refractivity contribution in [1.82, 2.24) is 15.3 Å². The van der Waals surface area contributed by atoms with E-state index in [9.17, 15) is 4.79 Å². The summed E-state index contributed by atoms with van der Waals surface area (Å²) in [5, 5.41) is 11.7. The Hall–Kier alpha value is -3.26. The van der Waals surface area contributed by atoms with Crippen molar-refractivity contribution in [3.63, 3.8) is 0 Å². The Morgan fingerprint density at radius 1 is 1.13 bits per heavy atom. The predicted molar refractivity (Wildman–Crippen MR) is 86.6 cm³/mol. The molecule has 0 radical (unpaired) electrons. The van der Waals surface area contributed by atoms with Crippen molar-refractivity contribution in [2.24, 2.45) is 0 Å². The lowest BCUT2D eigenvalue weighted by Gasteiger charge is -2.14. The third-order valence-electron chi connectivity index (χ3n) is 3.57. The highest BCUT2D eigenvalue weighted by molar-refractivity contribution is 5.94. The number of benzene rings is 2. The maximum Gasteiger partial charge on any atom is 0.271 e. The molecule has 5 heteroatoms. The van der Waals surface area contributed by atoms with E-state index in [1.807, 2.05) is 43.3 Å². The van der Waals surface area contributed by atoms with Crippen LogP contribution in [0, 0.1) is 11.3 Å². The number of nitrogens with zero attached hydrogens (tertiary/aromatic N) is 3. The van der Waals surface area contributed by atoms with E-state index in [-0.39, 0.29) is 17.6 Å². The lowest BCUT2D eigenvalue weighted by Crippen LogP contribution is -2.27. The van der Waals surface area contributed by atoms with Crippen molar-refractivity contribution in [1.29, 1.82) is 5.26 Å². The first kappa shape index (κ1) is 14.7. The van der Waals surface area contributed by atoms with E-state index in [4.69, 9.17) is 5.26 Å². The zero-order valence-electron chi connectivity index (χ0n) is 12.5. The number of para-hydroxylation sites is 2. The fourth-order valence-electron chi connectivity index (χ4n) is 2.27. The smallest absolute Gasteiger partial charge is 0.271 e. The van der Waals surface area contributed by atoms with E-state index in [0.717, 1.165) is 11.1 Å². The van der Waals surface area contributed by atoms with E-state index in [1.54, 1.807) is 12.1 Å². The maximum absolute atomic E-state index is 12.3. The fourth-order valence-corrected chi connectivity index (χ4v) is 2.27. The molecule has 0 aliphatic heterocycles. The minimum atomic E-state index is -0.278. The van der Waals surface area contributed by atoms with Gasteiger partial charge in [0.25, 0.3) is 5.91 Å². The van der Waals surface area contributed by atoms with Gasteiger partial charge in [0, 0.05) is 0 Å². The zero-order valence-corrected chi connectivity index (χ0v) is 12.5. The summed E-state index contributed by atoms with van der Waals surface area (Å²) in [4.78, 5) is 20.9. The van der Waals surface area contributed by atoms with E-state index in [1.165, 1.54) is 6.20 Å². The molecule has 23 heavy (non-hydrogen) atoms. The van der Waals surface area contributed by atoms with Crippen molar-refractivity contribution >= 4 is 16.9 Å². The lowest BCUT2D eigenvalue weighted by atomic mass is 10.1. The Kier molecular flexibility index (Phi) is 3.98. The fraction of sp³-hybridized carbons (Fsp3) is 0.111. The SMILES string of the molecule is CC(NC(=O)c1cnc2ccccc2n1)c1ccc(C#N)cc1. The molecule has 0 fully saturated rings. The van der Waals surface area contributed by atoms with Crippen LogP contribution in [0.1, 0.15) is 34.6 Å². The van der Waals surface area contributed by atoms with Crippen LogP contribution < -0.4 is 5.32 Å². The van der Waals surface area contributed by atoms with Gasteiger partial charge >= 0.3 is 0 Å². The number of rotatable bonds is 3. The van der Waals surface area contributed by atoms with Crippen LogP contribution in [0.3, 0.4) is 0 Å². The molecule has 1 aromatic heterocycles. The zero-order chi connectivity index (χ0) is 16.2. The van der Waals surface area contributed by atoms with E-state index >= 15 is 0 Å². The molecule has 1 amide bonds. The van der Waals surface area contributed by atoms with Crippen molar-refractivity contribution in [2.75, 3.05) is 0 Å². The molecule has 5 nitrogen and oxygen atoms in total. The Bertz CT molecular complexity index is 897. The first-order valence-electron chi connectivity index (χ1n) is 7.20. The second-order valence-electron chi connectivity index (χ2n) is 5.17. The largest absolute Gasteiger partial charge is 0.344 e. The number of carbonyl (C=O) groups is 1. The number of carbonyl (C=O) groups excluding carboxylic acids is 1. The predicted octanol–water partition coefficient (Wildman–Crippen LogP) is 2.99. The number of hydrogen-bond acceptors (Lipinski definition) is 4. The number of nitrogens with one attached hydrogen (secondary N) is 1. The second kappa shape index (κ2) is 6.24. The minimum absolute atomic E-state index is 0.191. The van der Waals surface area contributed by atoms with Crippen LogP contribution in [-0.2, 0) is 0 Å². The molecule has 1 unspecified atom stereocenters. The van der Waals surface area contributed by atoms with Gasteiger partial charge in [-0.3, -0.25) is 9.78 Å². The Morgan fingerprint density at radius 2 is 1.83 bits per heavy atom. The number of aromatic nitrogens is 2. The third kappa shape index (κ3) is 3.16. The molecular formula is C18H14N4O. The highest BCUT2D eigenvalue weighted by Gasteiger charge is 2.13. The van der Waals surface area contributed by atoms with Crippen molar-refractivity contribution < 1.29 is 4.79 Å². The molecule has 1 atom stereocenters. The summed E-state index contributed by atoms with van der Waals surface area (Å²) in [7, 11) is 0. The highest BCUT2D eigenvalue weighted by Crippen LogP contribution is 2.14. The van der Waals surface area contributed by atoms with Gasteiger partial charge in [-0.2, -0.15) is 5.26 Å². The Balaban J connectivity index is 1.77. The third-order valence-corrected chi connectivity index (χ3v) is 3.57. The average molecular weight is 302 g/mol. The van der Waals surface area contributed by atoms with Gasteiger partial charge in [0.2, 0.25) is 0 Å². The molecule has 0 spiro atoms. The molecule has 0 saturated carbocycles. The van der Waals surface area contributed by atoms with Gasteiger partial charge in [-0.15, -0.1) is 0 Å². The highest BCUT2D eigenvalue weighted by atomic mass is 16.1. The Morgan fingerprint density at radius 3 is 2.52 bits per heavy atom. The average Bonchev–Trinajstić information content (AvgIpc) is 2.61. The van der Waals surface area contributed by atoms with Gasteiger partial charge in [-0.05, 0) is 36.8 Å². The molecule has 1 heterocycles. The van der Waals surface area contributed by atoms with Crippen LogP contribution >= 0.6 is 0 Å². The van der Waals surface area contributed by atoms with Crippen LogP contribution in [0.5, 0.6) is 0 Å². The molecule has 0 aliphatic rings.